The zero-order valence-electron chi connectivity index (χ0n) is 19.5. The first-order chi connectivity index (χ1) is 14.4. The highest BCUT2D eigenvalue weighted by atomic mass is 35.5. The standard InChI is InChI=1S/C12H16ClN3.C7H16.C5H12O2/c1-9-8-16-5-2-10(9)12(11(13)14)3-6-15-7-4-12;1-3-5-7-6-4-2;1-2-3-5(7)4-6/h2,5,8,14-15H,3-4,6-7H2,1H3;3-7H2,1-2H3;5-7H,2-4H2,1H3. The van der Waals surface area contributed by atoms with E-state index in [0.29, 0.717) is 6.42 Å². The van der Waals surface area contributed by atoms with Crippen LogP contribution in [0.15, 0.2) is 18.5 Å². The molecule has 1 aliphatic heterocycles. The van der Waals surface area contributed by atoms with E-state index in [0.717, 1.165) is 43.5 Å². The average molecular weight is 442 g/mol. The van der Waals surface area contributed by atoms with E-state index >= 15 is 0 Å². The van der Waals surface area contributed by atoms with Crippen LogP contribution >= 0.6 is 11.6 Å². The fourth-order valence-electron chi connectivity index (χ4n) is 3.57. The number of halogens is 1. The van der Waals surface area contributed by atoms with Gasteiger partial charge in [0, 0.05) is 12.4 Å². The summed E-state index contributed by atoms with van der Waals surface area (Å²) in [6, 6.07) is 2.00. The molecule has 2 rings (SSSR count). The lowest BCUT2D eigenvalue weighted by Gasteiger charge is -2.37. The van der Waals surface area contributed by atoms with Crippen molar-refractivity contribution in [2.75, 3.05) is 19.7 Å². The second-order valence-electron chi connectivity index (χ2n) is 8.02. The molecule has 0 bridgehead atoms. The molecule has 30 heavy (non-hydrogen) atoms. The first-order valence-corrected chi connectivity index (χ1v) is 11.9. The summed E-state index contributed by atoms with van der Waals surface area (Å²) in [7, 11) is 0. The predicted octanol–water partition coefficient (Wildman–Crippen LogP) is 5.34. The molecule has 1 aliphatic rings. The van der Waals surface area contributed by atoms with Crippen molar-refractivity contribution in [1.29, 1.82) is 5.41 Å². The zero-order chi connectivity index (χ0) is 22.8. The molecule has 0 spiro atoms. The minimum Gasteiger partial charge on any atom is -0.394 e. The first-order valence-electron chi connectivity index (χ1n) is 11.5. The molecule has 0 aromatic carbocycles. The Hall–Kier alpha value is -1.01. The van der Waals surface area contributed by atoms with Crippen LogP contribution in [0.25, 0.3) is 0 Å². The van der Waals surface area contributed by atoms with Gasteiger partial charge in [-0.1, -0.05) is 70.9 Å². The van der Waals surface area contributed by atoms with Crippen molar-refractivity contribution in [3.05, 3.63) is 29.6 Å². The van der Waals surface area contributed by atoms with Gasteiger partial charge < -0.3 is 15.5 Å². The van der Waals surface area contributed by atoms with Crippen LogP contribution in [-0.2, 0) is 5.41 Å². The van der Waals surface area contributed by atoms with Crippen LogP contribution in [0.5, 0.6) is 0 Å². The lowest BCUT2D eigenvalue weighted by atomic mass is 9.73. The van der Waals surface area contributed by atoms with Gasteiger partial charge in [0.05, 0.1) is 18.1 Å². The Balaban J connectivity index is 0.000000503. The van der Waals surface area contributed by atoms with E-state index in [1.807, 2.05) is 26.1 Å². The van der Waals surface area contributed by atoms with Crippen LogP contribution < -0.4 is 5.32 Å². The summed E-state index contributed by atoms with van der Waals surface area (Å²) in [6.45, 7) is 10.2. The number of piperidine rings is 1. The number of nitrogens with one attached hydrogen (secondary N) is 2. The average Bonchev–Trinajstić information content (AvgIpc) is 2.76. The number of aliphatic hydroxyl groups is 2. The van der Waals surface area contributed by atoms with Crippen molar-refractivity contribution in [3.63, 3.8) is 0 Å². The van der Waals surface area contributed by atoms with Crippen LogP contribution in [0.1, 0.15) is 89.7 Å². The molecule has 5 nitrogen and oxygen atoms in total. The van der Waals surface area contributed by atoms with Crippen LogP contribution in [-0.4, -0.2) is 46.2 Å². The summed E-state index contributed by atoms with van der Waals surface area (Å²) in [5.41, 5.74) is 1.98. The molecule has 2 heterocycles. The highest BCUT2D eigenvalue weighted by Crippen LogP contribution is 2.37. The van der Waals surface area contributed by atoms with Gasteiger partial charge in [0.25, 0.3) is 0 Å². The summed E-state index contributed by atoms with van der Waals surface area (Å²) in [5.74, 6) is 0. The Bertz CT molecular complexity index is 559. The third kappa shape index (κ3) is 10.9. The Morgan fingerprint density at radius 3 is 2.17 bits per heavy atom. The highest BCUT2D eigenvalue weighted by Gasteiger charge is 2.38. The van der Waals surface area contributed by atoms with Crippen LogP contribution in [0, 0.1) is 12.3 Å². The number of rotatable bonds is 9. The number of hydrogen-bond acceptors (Lipinski definition) is 5. The summed E-state index contributed by atoms with van der Waals surface area (Å²) in [6.07, 6.45) is 13.6. The maximum atomic E-state index is 8.61. The van der Waals surface area contributed by atoms with Crippen LogP contribution in [0.3, 0.4) is 0 Å². The smallest absolute Gasteiger partial charge is 0.108 e. The molecule has 4 N–H and O–H groups in total. The number of nitrogens with zero attached hydrogens (tertiary/aromatic N) is 1. The van der Waals surface area contributed by atoms with Gasteiger partial charge in [-0.25, -0.2) is 0 Å². The van der Waals surface area contributed by atoms with Crippen molar-refractivity contribution in [2.24, 2.45) is 0 Å². The molecule has 1 fully saturated rings. The fraction of sp³-hybridized carbons (Fsp3) is 0.750. The third-order valence-electron chi connectivity index (χ3n) is 5.45. The van der Waals surface area contributed by atoms with Gasteiger partial charge >= 0.3 is 0 Å². The fourth-order valence-corrected chi connectivity index (χ4v) is 3.86. The number of hydrogen-bond donors (Lipinski definition) is 4. The highest BCUT2D eigenvalue weighted by molar-refractivity contribution is 6.66. The van der Waals surface area contributed by atoms with E-state index in [4.69, 9.17) is 27.2 Å². The Kier molecular flexibility index (Phi) is 17.1. The topological polar surface area (TPSA) is 89.2 Å². The number of aryl methyl sites for hydroxylation is 1. The van der Waals surface area contributed by atoms with Crippen molar-refractivity contribution >= 4 is 16.8 Å². The van der Waals surface area contributed by atoms with E-state index in [9.17, 15) is 0 Å². The molecule has 1 aromatic rings. The molecule has 0 radical (unpaired) electrons. The first kappa shape index (κ1) is 29.0. The van der Waals surface area contributed by atoms with Gasteiger partial charge in [0.2, 0.25) is 0 Å². The normalized spacial score (nSPS) is 15.8. The number of pyridine rings is 1. The quantitative estimate of drug-likeness (QED) is 0.307. The summed E-state index contributed by atoms with van der Waals surface area (Å²) < 4.78 is 0. The van der Waals surface area contributed by atoms with Crippen molar-refractivity contribution in [1.82, 2.24) is 10.3 Å². The van der Waals surface area contributed by atoms with E-state index in [1.165, 1.54) is 32.1 Å². The molecule has 1 saturated heterocycles. The maximum Gasteiger partial charge on any atom is 0.108 e. The third-order valence-corrected chi connectivity index (χ3v) is 5.81. The molecule has 0 amide bonds. The maximum absolute atomic E-state index is 8.61. The minimum atomic E-state index is -0.495. The van der Waals surface area contributed by atoms with Crippen molar-refractivity contribution in [3.8, 4) is 0 Å². The summed E-state index contributed by atoms with van der Waals surface area (Å²) in [4.78, 5) is 4.10. The second kappa shape index (κ2) is 17.6. The van der Waals surface area contributed by atoms with E-state index < -0.39 is 6.10 Å². The Labute approximate surface area is 189 Å². The second-order valence-corrected chi connectivity index (χ2v) is 8.40. The largest absolute Gasteiger partial charge is 0.394 e. The summed E-state index contributed by atoms with van der Waals surface area (Å²) in [5, 5.41) is 28.3. The Morgan fingerprint density at radius 1 is 1.17 bits per heavy atom. The molecule has 1 atom stereocenters. The van der Waals surface area contributed by atoms with E-state index in [2.05, 4.69) is 24.1 Å². The lowest BCUT2D eigenvalue weighted by Crippen LogP contribution is -2.44. The van der Waals surface area contributed by atoms with Gasteiger partial charge in [-0.15, -0.1) is 0 Å². The molecule has 174 valence electrons. The molecule has 0 aliphatic carbocycles. The number of aromatic nitrogens is 1. The van der Waals surface area contributed by atoms with Gasteiger partial charge in [0.1, 0.15) is 5.17 Å². The van der Waals surface area contributed by atoms with Crippen molar-refractivity contribution in [2.45, 2.75) is 97.0 Å². The summed E-state index contributed by atoms with van der Waals surface area (Å²) >= 11 is 6.05. The number of aliphatic hydroxyl groups excluding tert-OH is 2. The minimum absolute atomic E-state index is 0.103. The number of unbranched alkanes of at least 4 members (excludes halogenated alkanes) is 4. The SMILES string of the molecule is CCCC(O)CO.CCCCCCC.Cc1cnccc1C1(C(=N)Cl)CCNCC1. The van der Waals surface area contributed by atoms with Gasteiger partial charge in [-0.05, 0) is 56.5 Å². The van der Waals surface area contributed by atoms with E-state index in [1.54, 1.807) is 6.20 Å². The Morgan fingerprint density at radius 2 is 1.77 bits per heavy atom. The zero-order valence-corrected chi connectivity index (χ0v) is 20.3. The van der Waals surface area contributed by atoms with E-state index in [-0.39, 0.29) is 17.2 Å². The van der Waals surface area contributed by atoms with Gasteiger partial charge in [-0.3, -0.25) is 10.4 Å². The van der Waals surface area contributed by atoms with Crippen LogP contribution in [0.2, 0.25) is 0 Å². The van der Waals surface area contributed by atoms with Crippen LogP contribution in [0.4, 0.5) is 0 Å². The molecular formula is C24H44ClN3O2. The molecule has 0 saturated carbocycles. The predicted molar refractivity (Wildman–Crippen MR) is 129 cm³/mol. The molecule has 1 unspecified atom stereocenters. The van der Waals surface area contributed by atoms with Crippen molar-refractivity contribution < 1.29 is 10.2 Å². The molecular weight excluding hydrogens is 398 g/mol. The lowest BCUT2D eigenvalue weighted by molar-refractivity contribution is 0.0877. The molecule has 6 heteroatoms. The van der Waals surface area contributed by atoms with Gasteiger partial charge in [0.15, 0.2) is 0 Å². The molecule has 1 aromatic heterocycles. The monoisotopic (exact) mass is 441 g/mol. The van der Waals surface area contributed by atoms with Gasteiger partial charge in [-0.2, -0.15) is 0 Å².